The molecule has 0 bridgehead atoms. The van der Waals surface area contributed by atoms with Crippen LogP contribution in [0, 0.1) is 6.92 Å². The third-order valence-corrected chi connectivity index (χ3v) is 2.78. The molecule has 0 aliphatic rings. The number of aryl methyl sites for hydroxylation is 1. The van der Waals surface area contributed by atoms with Gasteiger partial charge in [0.15, 0.2) is 0 Å². The minimum atomic E-state index is -0.861. The second kappa shape index (κ2) is 6.20. The number of ether oxygens (including phenoxy) is 1. The molecule has 1 heterocycles. The van der Waals surface area contributed by atoms with E-state index in [-0.39, 0.29) is 13.0 Å². The fraction of sp³-hybridized carbons (Fsp3) is 0.267. The van der Waals surface area contributed by atoms with Gasteiger partial charge in [0.2, 0.25) is 0 Å². The summed E-state index contributed by atoms with van der Waals surface area (Å²) in [4.78, 5) is 10.3. The maximum atomic E-state index is 10.3. The number of benzene rings is 1. The van der Waals surface area contributed by atoms with Crippen LogP contribution in [0.1, 0.15) is 17.7 Å². The van der Waals surface area contributed by atoms with Crippen molar-refractivity contribution in [2.75, 3.05) is 6.61 Å². The molecule has 19 heavy (non-hydrogen) atoms. The van der Waals surface area contributed by atoms with E-state index < -0.39 is 5.97 Å². The topological polar surface area (TPSA) is 59.7 Å². The van der Waals surface area contributed by atoms with Crippen LogP contribution >= 0.6 is 0 Å². The first-order valence-corrected chi connectivity index (χ1v) is 6.11. The van der Waals surface area contributed by atoms with Crippen LogP contribution < -0.4 is 0 Å². The average molecular weight is 260 g/mol. The summed E-state index contributed by atoms with van der Waals surface area (Å²) in [5, 5.41) is 8.49. The maximum Gasteiger partial charge on any atom is 0.305 e. The molecular formula is C15H16O4. The Morgan fingerprint density at radius 2 is 2.05 bits per heavy atom. The van der Waals surface area contributed by atoms with Gasteiger partial charge in [0.1, 0.15) is 18.1 Å². The van der Waals surface area contributed by atoms with Crippen molar-refractivity contribution in [1.82, 2.24) is 0 Å². The lowest BCUT2D eigenvalue weighted by Crippen LogP contribution is -2.02. The highest BCUT2D eigenvalue weighted by Gasteiger charge is 2.07. The zero-order valence-corrected chi connectivity index (χ0v) is 10.8. The Bertz CT molecular complexity index is 557. The smallest absolute Gasteiger partial charge is 0.305 e. The molecule has 0 unspecified atom stereocenters. The molecule has 0 fully saturated rings. The first kappa shape index (κ1) is 13.4. The molecule has 0 radical (unpaired) electrons. The summed E-state index contributed by atoms with van der Waals surface area (Å²) >= 11 is 0. The van der Waals surface area contributed by atoms with Crippen molar-refractivity contribution in [2.45, 2.75) is 20.0 Å². The van der Waals surface area contributed by atoms with Gasteiger partial charge in [0.25, 0.3) is 0 Å². The number of furan rings is 1. The van der Waals surface area contributed by atoms with Gasteiger partial charge in [0, 0.05) is 5.56 Å². The van der Waals surface area contributed by atoms with Gasteiger partial charge in [-0.3, -0.25) is 4.79 Å². The highest BCUT2D eigenvalue weighted by molar-refractivity contribution is 5.66. The fourth-order valence-corrected chi connectivity index (χ4v) is 1.78. The largest absolute Gasteiger partial charge is 0.481 e. The van der Waals surface area contributed by atoms with Crippen molar-refractivity contribution in [3.8, 4) is 11.3 Å². The molecule has 1 aromatic carbocycles. The summed E-state index contributed by atoms with van der Waals surface area (Å²) in [6.45, 7) is 2.51. The lowest BCUT2D eigenvalue weighted by molar-refractivity contribution is -0.138. The molecule has 0 atom stereocenters. The molecular weight excluding hydrogens is 244 g/mol. The first-order valence-electron chi connectivity index (χ1n) is 6.11. The third-order valence-electron chi connectivity index (χ3n) is 2.78. The molecule has 0 aliphatic carbocycles. The SMILES string of the molecule is Cc1ccccc1-c1ccc(COCCC(=O)O)o1. The Morgan fingerprint density at radius 1 is 1.26 bits per heavy atom. The van der Waals surface area contributed by atoms with E-state index >= 15 is 0 Å². The van der Waals surface area contributed by atoms with Crippen molar-refractivity contribution < 1.29 is 19.1 Å². The average Bonchev–Trinajstić information content (AvgIpc) is 2.83. The second-order valence-electron chi connectivity index (χ2n) is 4.28. The molecule has 2 rings (SSSR count). The van der Waals surface area contributed by atoms with Crippen molar-refractivity contribution in [3.63, 3.8) is 0 Å². The molecule has 0 saturated heterocycles. The molecule has 0 aliphatic heterocycles. The Labute approximate surface area is 111 Å². The van der Waals surface area contributed by atoms with Gasteiger partial charge in [-0.05, 0) is 24.6 Å². The van der Waals surface area contributed by atoms with Crippen LogP contribution in [0.15, 0.2) is 40.8 Å². The monoisotopic (exact) mass is 260 g/mol. The third kappa shape index (κ3) is 3.69. The van der Waals surface area contributed by atoms with Crippen LogP contribution in [0.4, 0.5) is 0 Å². The number of hydrogen-bond donors (Lipinski definition) is 1. The number of hydrogen-bond acceptors (Lipinski definition) is 3. The quantitative estimate of drug-likeness (QED) is 0.810. The van der Waals surface area contributed by atoms with Gasteiger partial charge in [0.05, 0.1) is 13.0 Å². The van der Waals surface area contributed by atoms with Crippen LogP contribution in [0.2, 0.25) is 0 Å². The molecule has 1 aromatic heterocycles. The Hall–Kier alpha value is -2.07. The van der Waals surface area contributed by atoms with Gasteiger partial charge in [-0.15, -0.1) is 0 Å². The minimum Gasteiger partial charge on any atom is -0.481 e. The molecule has 4 nitrogen and oxygen atoms in total. The van der Waals surface area contributed by atoms with Crippen LogP contribution in [-0.4, -0.2) is 17.7 Å². The van der Waals surface area contributed by atoms with Crippen LogP contribution in [0.5, 0.6) is 0 Å². The number of carboxylic acids is 1. The van der Waals surface area contributed by atoms with E-state index in [1.54, 1.807) is 0 Å². The van der Waals surface area contributed by atoms with Gasteiger partial charge in [-0.25, -0.2) is 0 Å². The van der Waals surface area contributed by atoms with Crippen molar-refractivity contribution in [1.29, 1.82) is 0 Å². The van der Waals surface area contributed by atoms with Gasteiger partial charge in [-0.2, -0.15) is 0 Å². The highest BCUT2D eigenvalue weighted by Crippen LogP contribution is 2.25. The Balaban J connectivity index is 1.96. The summed E-state index contributed by atoms with van der Waals surface area (Å²) in [6.07, 6.45) is 0.00532. The zero-order chi connectivity index (χ0) is 13.7. The number of carbonyl (C=O) groups is 1. The van der Waals surface area contributed by atoms with Crippen molar-refractivity contribution >= 4 is 5.97 Å². The summed E-state index contributed by atoms with van der Waals surface area (Å²) < 4.78 is 10.9. The molecule has 100 valence electrons. The van der Waals surface area contributed by atoms with E-state index in [4.69, 9.17) is 14.3 Å². The Morgan fingerprint density at radius 3 is 2.79 bits per heavy atom. The normalized spacial score (nSPS) is 10.6. The lowest BCUT2D eigenvalue weighted by Gasteiger charge is -2.02. The van der Waals surface area contributed by atoms with E-state index in [1.165, 1.54) is 0 Å². The van der Waals surface area contributed by atoms with Gasteiger partial charge >= 0.3 is 5.97 Å². The van der Waals surface area contributed by atoms with Gasteiger partial charge < -0.3 is 14.3 Å². The second-order valence-corrected chi connectivity index (χ2v) is 4.28. The zero-order valence-electron chi connectivity index (χ0n) is 10.8. The molecule has 0 saturated carbocycles. The number of aliphatic carboxylic acids is 1. The summed E-state index contributed by atoms with van der Waals surface area (Å²) in [7, 11) is 0. The van der Waals surface area contributed by atoms with E-state index in [2.05, 4.69) is 0 Å². The van der Waals surface area contributed by atoms with E-state index in [0.29, 0.717) is 12.4 Å². The van der Waals surface area contributed by atoms with Crippen molar-refractivity contribution in [2.24, 2.45) is 0 Å². The van der Waals surface area contributed by atoms with E-state index in [0.717, 1.165) is 16.9 Å². The van der Waals surface area contributed by atoms with Crippen molar-refractivity contribution in [3.05, 3.63) is 47.7 Å². The Kier molecular flexibility index (Phi) is 4.36. The molecule has 0 amide bonds. The fourth-order valence-electron chi connectivity index (χ4n) is 1.78. The maximum absolute atomic E-state index is 10.3. The predicted molar refractivity (Wildman–Crippen MR) is 70.8 cm³/mol. The van der Waals surface area contributed by atoms with Crippen LogP contribution in [-0.2, 0) is 16.1 Å². The minimum absolute atomic E-state index is 0.00532. The number of carboxylic acid groups (broad SMARTS) is 1. The molecule has 2 aromatic rings. The summed E-state index contributed by atoms with van der Waals surface area (Å²) in [5.41, 5.74) is 2.20. The number of rotatable bonds is 6. The lowest BCUT2D eigenvalue weighted by atomic mass is 10.1. The van der Waals surface area contributed by atoms with Gasteiger partial charge in [-0.1, -0.05) is 24.3 Å². The van der Waals surface area contributed by atoms with Crippen LogP contribution in [0.25, 0.3) is 11.3 Å². The predicted octanol–water partition coefficient (Wildman–Crippen LogP) is 3.25. The summed E-state index contributed by atoms with van der Waals surface area (Å²) in [5.74, 6) is 0.638. The van der Waals surface area contributed by atoms with E-state index in [1.807, 2.05) is 43.3 Å². The molecule has 0 spiro atoms. The highest BCUT2D eigenvalue weighted by atomic mass is 16.5. The van der Waals surface area contributed by atoms with Crippen LogP contribution in [0.3, 0.4) is 0 Å². The molecule has 1 N–H and O–H groups in total. The summed E-state index contributed by atoms with van der Waals surface area (Å²) in [6, 6.07) is 11.7. The van der Waals surface area contributed by atoms with E-state index in [9.17, 15) is 4.79 Å². The molecule has 4 heteroatoms. The first-order chi connectivity index (χ1) is 9.16. The standard InChI is InChI=1S/C15H16O4/c1-11-4-2-3-5-13(11)14-7-6-12(19-14)10-18-9-8-15(16)17/h2-7H,8-10H2,1H3,(H,16,17).